The number of sulfonamides is 1. The van der Waals surface area contributed by atoms with Gasteiger partial charge >= 0.3 is 0 Å². The van der Waals surface area contributed by atoms with Crippen LogP contribution in [0.15, 0.2) is 106 Å². The fourth-order valence-corrected chi connectivity index (χ4v) is 6.98. The third-order valence-electron chi connectivity index (χ3n) is 7.67. The molecule has 4 aromatic rings. The molecule has 0 heterocycles. The lowest BCUT2D eigenvalue weighted by molar-refractivity contribution is -0.385. The van der Waals surface area contributed by atoms with Crippen LogP contribution < -0.4 is 14.4 Å². The molecule has 252 valence electrons. The molecule has 13 heteroatoms. The Bertz CT molecular complexity index is 1850. The molecule has 0 fully saturated rings. The van der Waals surface area contributed by atoms with Gasteiger partial charge in [0.2, 0.25) is 11.8 Å². The molecule has 48 heavy (non-hydrogen) atoms. The molecule has 0 aliphatic rings. The summed E-state index contributed by atoms with van der Waals surface area (Å²) >= 11 is 3.47. The fourth-order valence-electron chi connectivity index (χ4n) is 5.10. The second kappa shape index (κ2) is 16.4. The molecule has 0 bridgehead atoms. The standard InChI is InChI=1S/C35H37BrN4O7S/c1-4-19-37-35(42)33(21-26-9-6-5-7-10-26)38(23-27-11-8-12-28(36)20-27)34(41)24-39(29-14-16-30(47-3)17-15-29)48(45,46)31-18-13-25(2)32(22-31)40(43)44/h5-18,20,22,33H,4,19,21,23-24H2,1-3H3,(H,37,42). The zero-order valence-corrected chi connectivity index (χ0v) is 29.2. The number of hydrogen-bond acceptors (Lipinski definition) is 7. The number of hydrogen-bond donors (Lipinski definition) is 1. The number of halogens is 1. The third-order valence-corrected chi connectivity index (χ3v) is 9.93. The molecule has 4 rings (SSSR count). The molecule has 1 atom stereocenters. The average molecular weight is 738 g/mol. The lowest BCUT2D eigenvalue weighted by atomic mass is 10.0. The molecule has 0 saturated heterocycles. The maximum atomic E-state index is 14.6. The Hall–Kier alpha value is -4.75. The number of carbonyl (C=O) groups is 2. The van der Waals surface area contributed by atoms with Crippen LogP contribution in [0.3, 0.4) is 0 Å². The van der Waals surface area contributed by atoms with Gasteiger partial charge < -0.3 is 15.0 Å². The number of ether oxygens (including phenoxy) is 1. The van der Waals surface area contributed by atoms with Crippen molar-refractivity contribution >= 4 is 49.1 Å². The Morgan fingerprint density at radius 3 is 2.27 bits per heavy atom. The minimum absolute atomic E-state index is 0.00181. The van der Waals surface area contributed by atoms with E-state index in [0.29, 0.717) is 24.3 Å². The quantitative estimate of drug-likeness (QED) is 0.116. The molecule has 0 radical (unpaired) electrons. The zero-order valence-electron chi connectivity index (χ0n) is 26.8. The van der Waals surface area contributed by atoms with Gasteiger partial charge in [-0.2, -0.15) is 0 Å². The summed E-state index contributed by atoms with van der Waals surface area (Å²) in [6.07, 6.45) is 0.852. The minimum atomic E-state index is -4.54. The predicted octanol–water partition coefficient (Wildman–Crippen LogP) is 6.04. The maximum Gasteiger partial charge on any atom is 0.273 e. The van der Waals surface area contributed by atoms with Gasteiger partial charge in [0.25, 0.3) is 15.7 Å². The normalized spacial score (nSPS) is 11.8. The van der Waals surface area contributed by atoms with Crippen LogP contribution in [0.1, 0.15) is 30.0 Å². The highest BCUT2D eigenvalue weighted by Gasteiger charge is 2.35. The van der Waals surface area contributed by atoms with E-state index >= 15 is 0 Å². The summed E-state index contributed by atoms with van der Waals surface area (Å²) in [6, 6.07) is 25.2. The van der Waals surface area contributed by atoms with Crippen molar-refractivity contribution < 1.29 is 27.7 Å². The number of carbonyl (C=O) groups excluding carboxylic acids is 2. The van der Waals surface area contributed by atoms with Crippen LogP contribution in [0.5, 0.6) is 5.75 Å². The van der Waals surface area contributed by atoms with Crippen molar-refractivity contribution in [2.75, 3.05) is 24.5 Å². The summed E-state index contributed by atoms with van der Waals surface area (Å²) in [5.41, 5.74) is 1.57. The smallest absolute Gasteiger partial charge is 0.273 e. The fraction of sp³-hybridized carbons (Fsp3) is 0.257. The van der Waals surface area contributed by atoms with E-state index in [2.05, 4.69) is 21.2 Å². The van der Waals surface area contributed by atoms with E-state index in [1.165, 1.54) is 43.2 Å². The second-order valence-electron chi connectivity index (χ2n) is 11.1. The summed E-state index contributed by atoms with van der Waals surface area (Å²) in [7, 11) is -3.07. The third kappa shape index (κ3) is 8.98. The van der Waals surface area contributed by atoms with Gasteiger partial charge in [0, 0.05) is 35.6 Å². The number of methoxy groups -OCH3 is 1. The van der Waals surface area contributed by atoms with Crippen LogP contribution in [0.2, 0.25) is 0 Å². The van der Waals surface area contributed by atoms with E-state index < -0.39 is 33.4 Å². The van der Waals surface area contributed by atoms with Gasteiger partial charge in [-0.1, -0.05) is 71.4 Å². The first-order valence-corrected chi connectivity index (χ1v) is 17.4. The molecule has 0 aromatic heterocycles. The van der Waals surface area contributed by atoms with Crippen molar-refractivity contribution in [3.8, 4) is 5.75 Å². The molecule has 0 aliphatic carbocycles. The van der Waals surface area contributed by atoms with E-state index in [0.717, 1.165) is 20.4 Å². The van der Waals surface area contributed by atoms with Gasteiger partial charge in [0.15, 0.2) is 0 Å². The van der Waals surface area contributed by atoms with Crippen LogP contribution in [-0.2, 0) is 32.6 Å². The molecule has 0 saturated carbocycles. The summed E-state index contributed by atoms with van der Waals surface area (Å²) < 4.78 is 35.5. The average Bonchev–Trinajstić information content (AvgIpc) is 3.08. The first kappa shape index (κ1) is 36.1. The molecule has 11 nitrogen and oxygen atoms in total. The van der Waals surface area contributed by atoms with Crippen molar-refractivity contribution in [2.45, 2.75) is 44.2 Å². The van der Waals surface area contributed by atoms with E-state index in [4.69, 9.17) is 4.74 Å². The predicted molar refractivity (Wildman–Crippen MR) is 187 cm³/mol. The SMILES string of the molecule is CCCNC(=O)C(Cc1ccccc1)N(Cc1cccc(Br)c1)C(=O)CN(c1ccc(OC)cc1)S(=O)(=O)c1ccc(C)c([N+](=O)[O-])c1. The van der Waals surface area contributed by atoms with Gasteiger partial charge in [0.05, 0.1) is 22.6 Å². The number of nitro groups is 1. The number of amides is 2. The summed E-state index contributed by atoms with van der Waals surface area (Å²) in [5, 5.41) is 14.6. The summed E-state index contributed by atoms with van der Waals surface area (Å²) in [6.45, 7) is 3.12. The van der Waals surface area contributed by atoms with Crippen LogP contribution in [0, 0.1) is 17.0 Å². The van der Waals surface area contributed by atoms with E-state index in [9.17, 15) is 28.1 Å². The maximum absolute atomic E-state index is 14.6. The Kier molecular flexibility index (Phi) is 12.3. The van der Waals surface area contributed by atoms with E-state index in [-0.39, 0.29) is 40.7 Å². The number of nitrogens with zero attached hydrogens (tertiary/aromatic N) is 3. The zero-order chi connectivity index (χ0) is 34.8. The monoisotopic (exact) mass is 736 g/mol. The molecule has 0 spiro atoms. The molecular weight excluding hydrogens is 700 g/mol. The van der Waals surface area contributed by atoms with Gasteiger partial charge in [-0.3, -0.25) is 24.0 Å². The van der Waals surface area contributed by atoms with E-state index in [1.807, 2.05) is 61.5 Å². The second-order valence-corrected chi connectivity index (χ2v) is 13.8. The number of nitrogens with one attached hydrogen (secondary N) is 1. The molecule has 1 unspecified atom stereocenters. The highest BCUT2D eigenvalue weighted by atomic mass is 79.9. The van der Waals surface area contributed by atoms with Crippen molar-refractivity contribution in [1.29, 1.82) is 0 Å². The molecule has 4 aromatic carbocycles. The summed E-state index contributed by atoms with van der Waals surface area (Å²) in [4.78, 5) is 40.4. The highest BCUT2D eigenvalue weighted by molar-refractivity contribution is 9.10. The van der Waals surface area contributed by atoms with Crippen molar-refractivity contribution in [2.24, 2.45) is 0 Å². The Morgan fingerprint density at radius 2 is 1.65 bits per heavy atom. The summed E-state index contributed by atoms with van der Waals surface area (Å²) in [5.74, 6) is -0.569. The Labute approximate surface area is 288 Å². The van der Waals surface area contributed by atoms with Gasteiger partial charge in [0.1, 0.15) is 18.3 Å². The van der Waals surface area contributed by atoms with Crippen LogP contribution >= 0.6 is 15.9 Å². The van der Waals surface area contributed by atoms with Gasteiger partial charge in [-0.25, -0.2) is 8.42 Å². The van der Waals surface area contributed by atoms with E-state index in [1.54, 1.807) is 12.1 Å². The number of nitro benzene ring substituents is 1. The van der Waals surface area contributed by atoms with Crippen LogP contribution in [-0.4, -0.2) is 56.3 Å². The van der Waals surface area contributed by atoms with Gasteiger partial charge in [-0.15, -0.1) is 0 Å². The lowest BCUT2D eigenvalue weighted by Gasteiger charge is -2.34. The largest absolute Gasteiger partial charge is 0.497 e. The topological polar surface area (TPSA) is 139 Å². The van der Waals surface area contributed by atoms with Crippen LogP contribution in [0.4, 0.5) is 11.4 Å². The molecule has 2 amide bonds. The lowest BCUT2D eigenvalue weighted by Crippen LogP contribution is -2.53. The Morgan fingerprint density at radius 1 is 0.958 bits per heavy atom. The minimum Gasteiger partial charge on any atom is -0.497 e. The van der Waals surface area contributed by atoms with Crippen molar-refractivity contribution in [3.05, 3.63) is 128 Å². The molecular formula is C35H37BrN4O7S. The number of benzene rings is 4. The Balaban J connectivity index is 1.84. The molecule has 1 N–H and O–H groups in total. The van der Waals surface area contributed by atoms with Crippen molar-refractivity contribution in [3.63, 3.8) is 0 Å². The van der Waals surface area contributed by atoms with Gasteiger partial charge in [-0.05, 0) is 66.9 Å². The van der Waals surface area contributed by atoms with Crippen LogP contribution in [0.25, 0.3) is 0 Å². The number of anilines is 1. The van der Waals surface area contributed by atoms with Crippen molar-refractivity contribution in [1.82, 2.24) is 10.2 Å². The number of aryl methyl sites for hydroxylation is 1. The first-order chi connectivity index (χ1) is 22.9. The first-order valence-electron chi connectivity index (χ1n) is 15.2. The molecule has 0 aliphatic heterocycles. The highest BCUT2D eigenvalue weighted by Crippen LogP contribution is 2.30. The number of rotatable bonds is 15.